The monoisotopic (exact) mass is 339 g/mol. The average Bonchev–Trinajstić information content (AvgIpc) is 2.43. The van der Waals surface area contributed by atoms with Crippen LogP contribution in [0.15, 0.2) is 24.3 Å². The predicted octanol–water partition coefficient (Wildman–Crippen LogP) is 1.38. The second-order valence-electron chi connectivity index (χ2n) is 4.39. The van der Waals surface area contributed by atoms with E-state index in [2.05, 4.69) is 10.6 Å². The molecule has 1 aromatic carbocycles. The van der Waals surface area contributed by atoms with Gasteiger partial charge >= 0.3 is 6.18 Å². The van der Waals surface area contributed by atoms with Crippen molar-refractivity contribution in [2.45, 2.75) is 19.1 Å². The molecule has 0 saturated carbocycles. The van der Waals surface area contributed by atoms with Crippen molar-refractivity contribution >= 4 is 24.2 Å². The number of rotatable bonds is 5. The molecule has 0 heterocycles. The second kappa shape index (κ2) is 8.60. The Morgan fingerprint density at radius 3 is 2.45 bits per heavy atom. The molecule has 0 spiro atoms. The first kappa shape index (κ1) is 20.2. The number of halogens is 4. The highest BCUT2D eigenvalue weighted by molar-refractivity contribution is 5.85. The van der Waals surface area contributed by atoms with Gasteiger partial charge in [0.2, 0.25) is 11.8 Å². The van der Waals surface area contributed by atoms with Crippen LogP contribution in [-0.2, 0) is 15.8 Å². The number of benzene rings is 1. The molecule has 0 aliphatic carbocycles. The van der Waals surface area contributed by atoms with Crippen LogP contribution in [-0.4, -0.2) is 24.9 Å². The third-order valence-corrected chi connectivity index (χ3v) is 2.72. The summed E-state index contributed by atoms with van der Waals surface area (Å²) in [5, 5.41) is 4.76. The van der Waals surface area contributed by atoms with Gasteiger partial charge < -0.3 is 16.4 Å². The number of alkyl halides is 3. The van der Waals surface area contributed by atoms with E-state index in [4.69, 9.17) is 5.73 Å². The standard InChI is InChI=1S/C13H16F3N3O2.ClH/c1-8(19-12(21)7-18-11(20)6-17)9-3-2-4-10(5-9)13(14,15)16;/h2-5,8H,6-7,17H2,1H3,(H,18,20)(H,19,21);1H. The van der Waals surface area contributed by atoms with Crippen molar-refractivity contribution < 1.29 is 22.8 Å². The third kappa shape index (κ3) is 6.31. The molecule has 5 nitrogen and oxygen atoms in total. The van der Waals surface area contributed by atoms with Crippen LogP contribution in [0.5, 0.6) is 0 Å². The number of carbonyl (C=O) groups is 2. The van der Waals surface area contributed by atoms with Crippen LogP contribution in [0, 0.1) is 0 Å². The summed E-state index contributed by atoms with van der Waals surface area (Å²) in [6.45, 7) is 1.04. The Kier molecular flexibility index (Phi) is 7.89. The molecule has 0 bridgehead atoms. The third-order valence-electron chi connectivity index (χ3n) is 2.72. The zero-order valence-electron chi connectivity index (χ0n) is 11.7. The molecule has 2 amide bonds. The van der Waals surface area contributed by atoms with E-state index >= 15 is 0 Å². The van der Waals surface area contributed by atoms with Crippen molar-refractivity contribution in [3.05, 3.63) is 35.4 Å². The van der Waals surface area contributed by atoms with Crippen molar-refractivity contribution in [1.29, 1.82) is 0 Å². The van der Waals surface area contributed by atoms with Crippen LogP contribution in [0.3, 0.4) is 0 Å². The summed E-state index contributed by atoms with van der Waals surface area (Å²) in [5.41, 5.74) is 4.60. The normalized spacial score (nSPS) is 12.0. The molecule has 9 heteroatoms. The predicted molar refractivity (Wildman–Crippen MR) is 77.3 cm³/mol. The van der Waals surface area contributed by atoms with Gasteiger partial charge in [0.05, 0.1) is 24.7 Å². The van der Waals surface area contributed by atoms with Crippen LogP contribution in [0.25, 0.3) is 0 Å². The highest BCUT2D eigenvalue weighted by atomic mass is 35.5. The molecule has 0 fully saturated rings. The molecule has 0 saturated heterocycles. The van der Waals surface area contributed by atoms with Gasteiger partial charge in [0.15, 0.2) is 0 Å². The Labute approximate surface area is 131 Å². The minimum atomic E-state index is -4.44. The summed E-state index contributed by atoms with van der Waals surface area (Å²) in [6.07, 6.45) is -4.44. The van der Waals surface area contributed by atoms with E-state index in [1.165, 1.54) is 12.1 Å². The van der Waals surface area contributed by atoms with Crippen LogP contribution in [0.2, 0.25) is 0 Å². The van der Waals surface area contributed by atoms with Gasteiger partial charge in [0.25, 0.3) is 0 Å². The van der Waals surface area contributed by atoms with E-state index in [0.717, 1.165) is 12.1 Å². The second-order valence-corrected chi connectivity index (χ2v) is 4.39. The number of hydrogen-bond acceptors (Lipinski definition) is 3. The summed E-state index contributed by atoms with van der Waals surface area (Å²) in [6, 6.07) is 4.08. The number of nitrogens with two attached hydrogens (primary N) is 1. The molecule has 22 heavy (non-hydrogen) atoms. The maximum Gasteiger partial charge on any atom is 0.416 e. The number of hydrogen-bond donors (Lipinski definition) is 3. The number of carbonyl (C=O) groups excluding carboxylic acids is 2. The molecule has 0 aromatic heterocycles. The minimum absolute atomic E-state index is 0. The van der Waals surface area contributed by atoms with Gasteiger partial charge in [-0.1, -0.05) is 12.1 Å². The van der Waals surface area contributed by atoms with E-state index in [1.807, 2.05) is 0 Å². The molecule has 1 unspecified atom stereocenters. The van der Waals surface area contributed by atoms with Gasteiger partial charge in [0.1, 0.15) is 0 Å². The highest BCUT2D eigenvalue weighted by Gasteiger charge is 2.30. The van der Waals surface area contributed by atoms with E-state index < -0.39 is 29.6 Å². The molecule has 1 aromatic rings. The lowest BCUT2D eigenvalue weighted by Crippen LogP contribution is -2.40. The molecule has 4 N–H and O–H groups in total. The first-order valence-corrected chi connectivity index (χ1v) is 6.17. The molecular weight excluding hydrogens is 323 g/mol. The van der Waals surface area contributed by atoms with Crippen LogP contribution >= 0.6 is 12.4 Å². The fraction of sp³-hybridized carbons (Fsp3) is 0.385. The van der Waals surface area contributed by atoms with Crippen molar-refractivity contribution in [3.8, 4) is 0 Å². The van der Waals surface area contributed by atoms with Crippen molar-refractivity contribution in [1.82, 2.24) is 10.6 Å². The van der Waals surface area contributed by atoms with Gasteiger partial charge in [0, 0.05) is 0 Å². The Morgan fingerprint density at radius 1 is 1.27 bits per heavy atom. The van der Waals surface area contributed by atoms with E-state index in [9.17, 15) is 22.8 Å². The van der Waals surface area contributed by atoms with Crippen molar-refractivity contribution in [3.63, 3.8) is 0 Å². The number of amides is 2. The largest absolute Gasteiger partial charge is 0.416 e. The van der Waals surface area contributed by atoms with Crippen molar-refractivity contribution in [2.24, 2.45) is 5.73 Å². The fourth-order valence-electron chi connectivity index (χ4n) is 1.61. The summed E-state index contributed by atoms with van der Waals surface area (Å²) in [7, 11) is 0. The SMILES string of the molecule is CC(NC(=O)CNC(=O)CN)c1cccc(C(F)(F)F)c1.Cl. The van der Waals surface area contributed by atoms with Gasteiger partial charge in [-0.2, -0.15) is 13.2 Å². The lowest BCUT2D eigenvalue weighted by Gasteiger charge is -2.16. The van der Waals surface area contributed by atoms with Crippen LogP contribution in [0.1, 0.15) is 24.1 Å². The van der Waals surface area contributed by atoms with Gasteiger partial charge in [-0.25, -0.2) is 0 Å². The van der Waals surface area contributed by atoms with Gasteiger partial charge in [-0.3, -0.25) is 9.59 Å². The Balaban J connectivity index is 0.00000441. The zero-order valence-corrected chi connectivity index (χ0v) is 12.6. The molecule has 124 valence electrons. The molecule has 0 aliphatic rings. The molecule has 0 aliphatic heterocycles. The lowest BCUT2D eigenvalue weighted by molar-refractivity contribution is -0.137. The van der Waals surface area contributed by atoms with E-state index in [1.54, 1.807) is 6.92 Å². The Hall–Kier alpha value is -1.80. The lowest BCUT2D eigenvalue weighted by atomic mass is 10.0. The Bertz CT molecular complexity index is 523. The quantitative estimate of drug-likeness (QED) is 0.757. The first-order chi connectivity index (χ1) is 9.74. The topological polar surface area (TPSA) is 84.2 Å². The minimum Gasteiger partial charge on any atom is -0.348 e. The number of nitrogens with one attached hydrogen (secondary N) is 2. The highest BCUT2D eigenvalue weighted by Crippen LogP contribution is 2.30. The molecule has 0 radical (unpaired) electrons. The summed E-state index contributed by atoms with van der Waals surface area (Å²) >= 11 is 0. The Morgan fingerprint density at radius 2 is 1.91 bits per heavy atom. The van der Waals surface area contributed by atoms with Gasteiger partial charge in [-0.15, -0.1) is 12.4 Å². The first-order valence-electron chi connectivity index (χ1n) is 6.17. The average molecular weight is 340 g/mol. The maximum absolute atomic E-state index is 12.6. The van der Waals surface area contributed by atoms with Crippen LogP contribution in [0.4, 0.5) is 13.2 Å². The van der Waals surface area contributed by atoms with Crippen LogP contribution < -0.4 is 16.4 Å². The van der Waals surface area contributed by atoms with E-state index in [-0.39, 0.29) is 25.5 Å². The summed E-state index contributed by atoms with van der Waals surface area (Å²) < 4.78 is 37.8. The summed E-state index contributed by atoms with van der Waals surface area (Å²) in [4.78, 5) is 22.4. The zero-order chi connectivity index (χ0) is 16.0. The molecule has 1 atom stereocenters. The summed E-state index contributed by atoms with van der Waals surface area (Å²) in [5.74, 6) is -1.00. The van der Waals surface area contributed by atoms with Gasteiger partial charge in [-0.05, 0) is 24.6 Å². The molecular formula is C13H17ClF3N3O2. The van der Waals surface area contributed by atoms with Crippen molar-refractivity contribution in [2.75, 3.05) is 13.1 Å². The molecule has 1 rings (SSSR count). The maximum atomic E-state index is 12.6. The smallest absolute Gasteiger partial charge is 0.348 e. The van der Waals surface area contributed by atoms with E-state index in [0.29, 0.717) is 5.56 Å². The fourth-order valence-corrected chi connectivity index (χ4v) is 1.61.